The zero-order valence-electron chi connectivity index (χ0n) is 9.98. The Morgan fingerprint density at radius 2 is 2.11 bits per heavy atom. The molecule has 0 unspecified atom stereocenters. The molecular formula is C12H15IN2O3. The molecule has 0 saturated carbocycles. The van der Waals surface area contributed by atoms with E-state index in [0.29, 0.717) is 6.42 Å². The smallest absolute Gasteiger partial charge is 0.246 e. The fourth-order valence-corrected chi connectivity index (χ4v) is 2.08. The Kier molecular flexibility index (Phi) is 6.06. The molecule has 1 rings (SSSR count). The molecule has 1 aromatic carbocycles. The number of primary amides is 1. The molecule has 0 heterocycles. The van der Waals surface area contributed by atoms with Crippen molar-refractivity contribution in [2.24, 2.45) is 5.73 Å². The largest absolute Gasteiger partial charge is 0.375 e. The van der Waals surface area contributed by atoms with Crippen LogP contribution in [0.3, 0.4) is 0 Å². The molecule has 0 aliphatic rings. The van der Waals surface area contributed by atoms with Crippen LogP contribution >= 0.6 is 22.6 Å². The summed E-state index contributed by atoms with van der Waals surface area (Å²) in [5.41, 5.74) is 6.25. The number of rotatable bonds is 6. The van der Waals surface area contributed by atoms with E-state index in [4.69, 9.17) is 10.5 Å². The van der Waals surface area contributed by atoms with Crippen LogP contribution in [0.15, 0.2) is 24.3 Å². The molecule has 0 aliphatic carbocycles. The SMILES string of the molecule is COCC(=O)N[C@H](Cc1ccccc1I)C(N)=O. The number of hydrogen-bond acceptors (Lipinski definition) is 3. The van der Waals surface area contributed by atoms with Crippen molar-refractivity contribution in [3.63, 3.8) is 0 Å². The van der Waals surface area contributed by atoms with Gasteiger partial charge < -0.3 is 15.8 Å². The molecule has 6 heteroatoms. The van der Waals surface area contributed by atoms with E-state index in [0.717, 1.165) is 9.13 Å². The molecule has 98 valence electrons. The van der Waals surface area contributed by atoms with Gasteiger partial charge in [-0.05, 0) is 34.2 Å². The first-order valence-electron chi connectivity index (χ1n) is 5.35. The fourth-order valence-electron chi connectivity index (χ4n) is 1.47. The number of nitrogens with two attached hydrogens (primary N) is 1. The van der Waals surface area contributed by atoms with Gasteiger partial charge in [-0.3, -0.25) is 9.59 Å². The fraction of sp³-hybridized carbons (Fsp3) is 0.333. The topological polar surface area (TPSA) is 81.4 Å². The second-order valence-corrected chi connectivity index (χ2v) is 4.91. The molecule has 0 fully saturated rings. The summed E-state index contributed by atoms with van der Waals surface area (Å²) in [4.78, 5) is 22.7. The molecule has 0 aromatic heterocycles. The standard InChI is InChI=1S/C12H15IN2O3/c1-18-7-11(16)15-10(12(14)17)6-8-4-2-3-5-9(8)13/h2-5,10H,6-7H2,1H3,(H2,14,17)(H,15,16)/t10-/m1/s1. The molecule has 0 saturated heterocycles. The lowest BCUT2D eigenvalue weighted by atomic mass is 10.1. The number of benzene rings is 1. The van der Waals surface area contributed by atoms with Crippen LogP contribution in [0.1, 0.15) is 5.56 Å². The number of nitrogens with one attached hydrogen (secondary N) is 1. The van der Waals surface area contributed by atoms with Crippen LogP contribution in [0.4, 0.5) is 0 Å². The van der Waals surface area contributed by atoms with Crippen LogP contribution in [0, 0.1) is 3.57 Å². The third-order valence-electron chi connectivity index (χ3n) is 2.34. The lowest BCUT2D eigenvalue weighted by Crippen LogP contribution is -2.47. The van der Waals surface area contributed by atoms with Crippen molar-refractivity contribution in [3.05, 3.63) is 33.4 Å². The second kappa shape index (κ2) is 7.32. The van der Waals surface area contributed by atoms with E-state index in [-0.39, 0.29) is 12.5 Å². The summed E-state index contributed by atoms with van der Waals surface area (Å²) in [5, 5.41) is 2.55. The molecule has 0 radical (unpaired) electrons. The molecule has 18 heavy (non-hydrogen) atoms. The van der Waals surface area contributed by atoms with E-state index < -0.39 is 11.9 Å². The Balaban J connectivity index is 2.72. The average Bonchev–Trinajstić information content (AvgIpc) is 2.31. The van der Waals surface area contributed by atoms with Gasteiger partial charge >= 0.3 is 0 Å². The zero-order chi connectivity index (χ0) is 13.5. The summed E-state index contributed by atoms with van der Waals surface area (Å²) in [6, 6.07) is 6.91. The van der Waals surface area contributed by atoms with Crippen molar-refractivity contribution >= 4 is 34.4 Å². The van der Waals surface area contributed by atoms with Gasteiger partial charge in [0, 0.05) is 17.1 Å². The van der Waals surface area contributed by atoms with Crippen molar-refractivity contribution in [3.8, 4) is 0 Å². The maximum atomic E-state index is 11.4. The summed E-state index contributed by atoms with van der Waals surface area (Å²) < 4.78 is 5.72. The number of halogens is 1. The van der Waals surface area contributed by atoms with Crippen molar-refractivity contribution in [2.45, 2.75) is 12.5 Å². The Bertz CT molecular complexity index is 437. The minimum Gasteiger partial charge on any atom is -0.375 e. The highest BCUT2D eigenvalue weighted by atomic mass is 127. The molecule has 2 amide bonds. The Labute approximate surface area is 119 Å². The maximum absolute atomic E-state index is 11.4. The molecule has 1 atom stereocenters. The Morgan fingerprint density at radius 3 is 2.67 bits per heavy atom. The number of methoxy groups -OCH3 is 1. The molecular weight excluding hydrogens is 347 g/mol. The first kappa shape index (κ1) is 14.9. The van der Waals surface area contributed by atoms with Gasteiger partial charge in [0.2, 0.25) is 11.8 Å². The van der Waals surface area contributed by atoms with E-state index in [1.165, 1.54) is 7.11 Å². The summed E-state index contributed by atoms with van der Waals surface area (Å²) in [7, 11) is 1.42. The third-order valence-corrected chi connectivity index (χ3v) is 3.39. The quantitative estimate of drug-likeness (QED) is 0.721. The number of carbonyl (C=O) groups excluding carboxylic acids is 2. The Hall–Kier alpha value is -1.15. The number of ether oxygens (including phenoxy) is 1. The van der Waals surface area contributed by atoms with Gasteiger partial charge in [0.25, 0.3) is 0 Å². The van der Waals surface area contributed by atoms with Crippen molar-refractivity contribution in [1.29, 1.82) is 0 Å². The van der Waals surface area contributed by atoms with Crippen LogP contribution in [0.2, 0.25) is 0 Å². The van der Waals surface area contributed by atoms with Gasteiger partial charge in [-0.2, -0.15) is 0 Å². The second-order valence-electron chi connectivity index (χ2n) is 3.75. The predicted molar refractivity (Wildman–Crippen MR) is 75.9 cm³/mol. The van der Waals surface area contributed by atoms with Crippen LogP contribution in [-0.2, 0) is 20.7 Å². The summed E-state index contributed by atoms with van der Waals surface area (Å²) in [5.74, 6) is -0.911. The van der Waals surface area contributed by atoms with Crippen molar-refractivity contribution in [2.75, 3.05) is 13.7 Å². The monoisotopic (exact) mass is 362 g/mol. The molecule has 0 aliphatic heterocycles. The highest BCUT2D eigenvalue weighted by Crippen LogP contribution is 2.13. The van der Waals surface area contributed by atoms with Crippen LogP contribution < -0.4 is 11.1 Å². The van der Waals surface area contributed by atoms with Crippen LogP contribution in [0.5, 0.6) is 0 Å². The summed E-state index contributed by atoms with van der Waals surface area (Å²) >= 11 is 2.18. The van der Waals surface area contributed by atoms with Gasteiger partial charge in [-0.15, -0.1) is 0 Å². The van der Waals surface area contributed by atoms with E-state index in [1.54, 1.807) is 0 Å². The molecule has 1 aromatic rings. The van der Waals surface area contributed by atoms with Crippen molar-refractivity contribution < 1.29 is 14.3 Å². The van der Waals surface area contributed by atoms with Gasteiger partial charge in [-0.1, -0.05) is 18.2 Å². The Morgan fingerprint density at radius 1 is 1.44 bits per heavy atom. The van der Waals surface area contributed by atoms with Gasteiger partial charge in [0.15, 0.2) is 0 Å². The number of carbonyl (C=O) groups is 2. The van der Waals surface area contributed by atoms with E-state index in [1.807, 2.05) is 24.3 Å². The van der Waals surface area contributed by atoms with E-state index in [9.17, 15) is 9.59 Å². The summed E-state index contributed by atoms with van der Waals surface area (Å²) in [6.45, 7) is -0.0876. The maximum Gasteiger partial charge on any atom is 0.246 e. The lowest BCUT2D eigenvalue weighted by Gasteiger charge is -2.16. The van der Waals surface area contributed by atoms with Crippen molar-refractivity contribution in [1.82, 2.24) is 5.32 Å². The first-order valence-corrected chi connectivity index (χ1v) is 6.43. The molecule has 3 N–H and O–H groups in total. The van der Waals surface area contributed by atoms with Crippen LogP contribution in [0.25, 0.3) is 0 Å². The molecule has 0 bridgehead atoms. The van der Waals surface area contributed by atoms with Gasteiger partial charge in [0.1, 0.15) is 12.6 Å². The highest BCUT2D eigenvalue weighted by molar-refractivity contribution is 14.1. The third kappa shape index (κ3) is 4.61. The predicted octanol–water partition coefficient (Wildman–Crippen LogP) is 0.450. The van der Waals surface area contributed by atoms with Crippen LogP contribution in [-0.4, -0.2) is 31.6 Å². The normalized spacial score (nSPS) is 11.9. The number of amides is 2. The minimum atomic E-state index is -0.719. The van der Waals surface area contributed by atoms with Gasteiger partial charge in [0.05, 0.1) is 0 Å². The molecule has 0 spiro atoms. The highest BCUT2D eigenvalue weighted by Gasteiger charge is 2.19. The number of hydrogen-bond donors (Lipinski definition) is 2. The first-order chi connectivity index (χ1) is 8.54. The molecule has 5 nitrogen and oxygen atoms in total. The van der Waals surface area contributed by atoms with Gasteiger partial charge in [-0.25, -0.2) is 0 Å². The lowest BCUT2D eigenvalue weighted by molar-refractivity contribution is -0.129. The minimum absolute atomic E-state index is 0.0876. The average molecular weight is 362 g/mol. The van der Waals surface area contributed by atoms with E-state index >= 15 is 0 Å². The summed E-state index contributed by atoms with van der Waals surface area (Å²) in [6.07, 6.45) is 0.379. The van der Waals surface area contributed by atoms with E-state index in [2.05, 4.69) is 27.9 Å². The zero-order valence-corrected chi connectivity index (χ0v) is 12.1.